The van der Waals surface area contributed by atoms with Crippen LogP contribution in [0.4, 0.5) is 16.2 Å². The summed E-state index contributed by atoms with van der Waals surface area (Å²) in [5.74, 6) is -0.600. The van der Waals surface area contributed by atoms with Crippen molar-refractivity contribution in [3.63, 3.8) is 0 Å². The van der Waals surface area contributed by atoms with Crippen LogP contribution in [0, 0.1) is 26.7 Å². The summed E-state index contributed by atoms with van der Waals surface area (Å²) >= 11 is 0. The molecule has 46 heavy (non-hydrogen) atoms. The standard InChI is InChI=1S/C34H40N4O8/c1-19(2)12-27(33(42)37-26(16-31(40)41)23-10-11-28-29(15-23)46-18-45-28)36-30(39)17-44-32-21(4)13-24(14-22(32)5)35-34(43)38-25-9-7-6-8-20(25)3/h6-11,13-15,19,26-27H,12,16-18H2,1-5H3,(H,36,39)(H,37,42)(H,40,41)(H2,35,38,43). The van der Waals surface area contributed by atoms with Gasteiger partial charge in [-0.3, -0.25) is 14.4 Å². The number of urea groups is 1. The van der Waals surface area contributed by atoms with Crippen LogP contribution in [0.1, 0.15) is 55.0 Å². The van der Waals surface area contributed by atoms with Crippen molar-refractivity contribution in [3.8, 4) is 17.2 Å². The first-order chi connectivity index (χ1) is 21.9. The largest absolute Gasteiger partial charge is 0.483 e. The van der Waals surface area contributed by atoms with Crippen molar-refractivity contribution in [2.45, 2.75) is 59.5 Å². The molecule has 244 valence electrons. The summed E-state index contributed by atoms with van der Waals surface area (Å²) in [5, 5.41) is 20.7. The van der Waals surface area contributed by atoms with Gasteiger partial charge in [0.25, 0.3) is 5.91 Å². The molecule has 4 amide bonds. The average molecular weight is 633 g/mol. The molecule has 0 spiro atoms. The third kappa shape index (κ3) is 9.13. The summed E-state index contributed by atoms with van der Waals surface area (Å²) in [4.78, 5) is 50.6. The van der Waals surface area contributed by atoms with E-state index in [0.717, 1.165) is 5.56 Å². The van der Waals surface area contributed by atoms with E-state index in [1.54, 1.807) is 44.2 Å². The van der Waals surface area contributed by atoms with Crippen molar-refractivity contribution in [2.24, 2.45) is 5.92 Å². The van der Waals surface area contributed by atoms with Gasteiger partial charge in [-0.25, -0.2) is 4.79 Å². The van der Waals surface area contributed by atoms with Crippen LogP contribution in [0.3, 0.4) is 0 Å². The zero-order valence-corrected chi connectivity index (χ0v) is 26.6. The van der Waals surface area contributed by atoms with Crippen molar-refractivity contribution >= 4 is 35.2 Å². The van der Waals surface area contributed by atoms with Crippen LogP contribution >= 0.6 is 0 Å². The maximum Gasteiger partial charge on any atom is 0.323 e. The van der Waals surface area contributed by atoms with Gasteiger partial charge in [0.15, 0.2) is 18.1 Å². The van der Waals surface area contributed by atoms with E-state index in [-0.39, 0.29) is 31.8 Å². The first-order valence-electron chi connectivity index (χ1n) is 15.0. The Labute approximate surface area is 267 Å². The molecule has 0 aromatic heterocycles. The zero-order valence-electron chi connectivity index (χ0n) is 26.6. The molecule has 1 aliphatic heterocycles. The number of nitrogens with one attached hydrogen (secondary N) is 4. The Morgan fingerprint density at radius 2 is 1.57 bits per heavy atom. The third-order valence-electron chi connectivity index (χ3n) is 7.31. The van der Waals surface area contributed by atoms with Gasteiger partial charge in [0, 0.05) is 11.4 Å². The van der Waals surface area contributed by atoms with Gasteiger partial charge >= 0.3 is 12.0 Å². The Bertz CT molecular complexity index is 1580. The van der Waals surface area contributed by atoms with Gasteiger partial charge in [-0.15, -0.1) is 0 Å². The Balaban J connectivity index is 1.38. The number of hydrogen-bond acceptors (Lipinski definition) is 7. The molecular formula is C34H40N4O8. The minimum absolute atomic E-state index is 0.0491. The number of hydrogen-bond donors (Lipinski definition) is 5. The first-order valence-corrected chi connectivity index (χ1v) is 15.0. The summed E-state index contributed by atoms with van der Waals surface area (Å²) in [7, 11) is 0. The number of carbonyl (C=O) groups is 4. The summed E-state index contributed by atoms with van der Waals surface area (Å²) in [6.45, 7) is 9.05. The highest BCUT2D eigenvalue weighted by Crippen LogP contribution is 2.35. The van der Waals surface area contributed by atoms with Gasteiger partial charge < -0.3 is 40.6 Å². The molecule has 0 radical (unpaired) electrons. The molecule has 2 atom stereocenters. The van der Waals surface area contributed by atoms with Gasteiger partial charge in [-0.1, -0.05) is 38.1 Å². The average Bonchev–Trinajstić information content (AvgIpc) is 3.45. The van der Waals surface area contributed by atoms with E-state index in [2.05, 4.69) is 21.3 Å². The van der Waals surface area contributed by atoms with E-state index in [1.807, 2.05) is 45.0 Å². The summed E-state index contributed by atoms with van der Waals surface area (Å²) < 4.78 is 16.6. The Kier molecular flexibility index (Phi) is 11.1. The van der Waals surface area contributed by atoms with Crippen LogP contribution in [0.15, 0.2) is 54.6 Å². The first kappa shape index (κ1) is 33.6. The number of ether oxygens (including phenoxy) is 3. The van der Waals surface area contributed by atoms with Crippen LogP contribution in [0.5, 0.6) is 17.2 Å². The number of carboxylic acid groups (broad SMARTS) is 1. The maximum absolute atomic E-state index is 13.4. The maximum atomic E-state index is 13.4. The molecule has 1 heterocycles. The lowest BCUT2D eigenvalue weighted by molar-refractivity contribution is -0.138. The molecule has 0 aliphatic carbocycles. The SMILES string of the molecule is Cc1ccccc1NC(=O)Nc1cc(C)c(OCC(=O)NC(CC(C)C)C(=O)NC(CC(=O)O)c2ccc3c(c2)OCO3)c(C)c1. The van der Waals surface area contributed by atoms with Crippen molar-refractivity contribution < 1.29 is 38.5 Å². The lowest BCUT2D eigenvalue weighted by Crippen LogP contribution is -2.49. The predicted octanol–water partition coefficient (Wildman–Crippen LogP) is 5.23. The lowest BCUT2D eigenvalue weighted by Gasteiger charge is -2.24. The number of benzene rings is 3. The highest BCUT2D eigenvalue weighted by molar-refractivity contribution is 6.00. The fourth-order valence-electron chi connectivity index (χ4n) is 5.15. The highest BCUT2D eigenvalue weighted by Gasteiger charge is 2.27. The second-order valence-electron chi connectivity index (χ2n) is 11.6. The molecule has 0 saturated heterocycles. The summed E-state index contributed by atoms with van der Waals surface area (Å²) in [5.41, 5.74) is 4.14. The molecule has 0 saturated carbocycles. The molecule has 3 aromatic rings. The third-order valence-corrected chi connectivity index (χ3v) is 7.31. The highest BCUT2D eigenvalue weighted by atomic mass is 16.7. The molecule has 0 fully saturated rings. The second-order valence-corrected chi connectivity index (χ2v) is 11.6. The molecule has 1 aliphatic rings. The predicted molar refractivity (Wildman–Crippen MR) is 172 cm³/mol. The fourth-order valence-corrected chi connectivity index (χ4v) is 5.15. The van der Waals surface area contributed by atoms with Crippen molar-refractivity contribution in [2.75, 3.05) is 24.0 Å². The summed E-state index contributed by atoms with van der Waals surface area (Å²) in [6.07, 6.45) is -0.0463. The van der Waals surface area contributed by atoms with E-state index in [0.29, 0.717) is 51.7 Å². The molecular weight excluding hydrogens is 592 g/mol. The monoisotopic (exact) mass is 632 g/mol. The molecule has 12 nitrogen and oxygen atoms in total. The number of fused-ring (bicyclic) bond motifs is 1. The molecule has 3 aromatic carbocycles. The number of rotatable bonds is 13. The fraction of sp³-hybridized carbons (Fsp3) is 0.353. The normalized spacial score (nSPS) is 13.0. The number of carbonyl (C=O) groups excluding carboxylic acids is 3. The van der Waals surface area contributed by atoms with E-state index in [9.17, 15) is 24.3 Å². The smallest absolute Gasteiger partial charge is 0.323 e. The minimum Gasteiger partial charge on any atom is -0.483 e. The minimum atomic E-state index is -1.10. The zero-order chi connectivity index (χ0) is 33.4. The number of carboxylic acids is 1. The van der Waals surface area contributed by atoms with Crippen LogP contribution in [-0.4, -0.2) is 48.4 Å². The van der Waals surface area contributed by atoms with Gasteiger partial charge in [0.05, 0.1) is 12.5 Å². The molecule has 4 rings (SSSR count). The molecule has 5 N–H and O–H groups in total. The van der Waals surface area contributed by atoms with Crippen LogP contribution in [-0.2, 0) is 14.4 Å². The second kappa shape index (κ2) is 15.2. The molecule has 12 heteroatoms. The van der Waals surface area contributed by atoms with E-state index >= 15 is 0 Å². The van der Waals surface area contributed by atoms with Crippen LogP contribution < -0.4 is 35.5 Å². The Morgan fingerprint density at radius 1 is 0.870 bits per heavy atom. The lowest BCUT2D eigenvalue weighted by atomic mass is 10.00. The number of para-hydroxylation sites is 1. The molecule has 2 unspecified atom stereocenters. The summed E-state index contributed by atoms with van der Waals surface area (Å²) in [6, 6.07) is 13.7. The van der Waals surface area contributed by atoms with Crippen molar-refractivity contribution in [1.82, 2.24) is 10.6 Å². The Morgan fingerprint density at radius 3 is 2.24 bits per heavy atom. The van der Waals surface area contributed by atoms with E-state index in [4.69, 9.17) is 14.2 Å². The van der Waals surface area contributed by atoms with Gasteiger partial charge in [0.1, 0.15) is 11.8 Å². The number of aryl methyl sites for hydroxylation is 3. The van der Waals surface area contributed by atoms with Gasteiger partial charge in [0.2, 0.25) is 12.7 Å². The van der Waals surface area contributed by atoms with Crippen LogP contribution in [0.2, 0.25) is 0 Å². The van der Waals surface area contributed by atoms with Crippen LogP contribution in [0.25, 0.3) is 0 Å². The van der Waals surface area contributed by atoms with Crippen molar-refractivity contribution in [1.29, 1.82) is 0 Å². The number of amides is 4. The van der Waals surface area contributed by atoms with Gasteiger partial charge in [-0.05, 0) is 85.7 Å². The number of anilines is 2. The van der Waals surface area contributed by atoms with Gasteiger partial charge in [-0.2, -0.15) is 0 Å². The topological polar surface area (TPSA) is 164 Å². The Hall–Kier alpha value is -5.26. The number of aliphatic carboxylic acids is 1. The van der Waals surface area contributed by atoms with Crippen molar-refractivity contribution in [3.05, 3.63) is 76.9 Å². The van der Waals surface area contributed by atoms with E-state index in [1.165, 1.54) is 0 Å². The molecule has 0 bridgehead atoms. The quantitative estimate of drug-likeness (QED) is 0.171. The van der Waals surface area contributed by atoms with E-state index < -0.39 is 29.9 Å².